The van der Waals surface area contributed by atoms with E-state index in [4.69, 9.17) is 14.2 Å². The average Bonchev–Trinajstić information content (AvgIpc) is 3.09. The van der Waals surface area contributed by atoms with Gasteiger partial charge in [-0.2, -0.15) is 0 Å². The van der Waals surface area contributed by atoms with Gasteiger partial charge in [-0.3, -0.25) is 0 Å². The number of hydrogen-bond acceptors (Lipinski definition) is 5. The molecular formula is C21H30N2O3SeSi. The van der Waals surface area contributed by atoms with Crippen molar-refractivity contribution in [2.45, 2.75) is 56.6 Å². The fraction of sp³-hybridized carbons (Fsp3) is 0.524. The zero-order valence-corrected chi connectivity index (χ0v) is 19.9. The fourth-order valence-corrected chi connectivity index (χ4v) is 5.77. The Kier molecular flexibility index (Phi) is 7.52. The SMILES string of the molecule is Cc1cnc(OC[C@@H]2CC[C@H]([Se]c3ccccc3)O2)nc1OCC[Si](C)(C)C. The molecular weight excluding hydrogens is 435 g/mol. The van der Waals surface area contributed by atoms with Crippen molar-refractivity contribution in [1.29, 1.82) is 0 Å². The molecule has 1 fully saturated rings. The van der Waals surface area contributed by atoms with E-state index in [2.05, 4.69) is 59.9 Å². The summed E-state index contributed by atoms with van der Waals surface area (Å²) in [5.41, 5.74) is 0.936. The topological polar surface area (TPSA) is 53.5 Å². The molecule has 152 valence electrons. The van der Waals surface area contributed by atoms with Crippen LogP contribution < -0.4 is 13.9 Å². The van der Waals surface area contributed by atoms with Gasteiger partial charge in [-0.1, -0.05) is 19.6 Å². The molecule has 0 radical (unpaired) electrons. The maximum atomic E-state index is 6.16. The summed E-state index contributed by atoms with van der Waals surface area (Å²) in [5, 5.41) is 0.322. The van der Waals surface area contributed by atoms with Gasteiger partial charge >= 0.3 is 156 Å². The quantitative estimate of drug-likeness (QED) is 0.532. The van der Waals surface area contributed by atoms with Gasteiger partial charge in [0.15, 0.2) is 0 Å². The van der Waals surface area contributed by atoms with Gasteiger partial charge in [0.2, 0.25) is 0 Å². The first-order valence-corrected chi connectivity index (χ1v) is 15.4. The molecule has 1 aliphatic rings. The molecule has 0 aliphatic carbocycles. The van der Waals surface area contributed by atoms with Gasteiger partial charge in [0.05, 0.1) is 0 Å². The van der Waals surface area contributed by atoms with E-state index < -0.39 is 8.07 Å². The normalized spacial score (nSPS) is 19.6. The van der Waals surface area contributed by atoms with Crippen LogP contribution in [-0.4, -0.2) is 57.3 Å². The molecule has 2 heterocycles. The molecule has 2 aromatic rings. The van der Waals surface area contributed by atoms with E-state index in [0.29, 0.717) is 45.1 Å². The van der Waals surface area contributed by atoms with Gasteiger partial charge in [-0.15, -0.1) is 0 Å². The smallest absolute Gasteiger partial charge is 0.0694 e. The summed E-state index contributed by atoms with van der Waals surface area (Å²) in [6, 6.07) is 12.1. The van der Waals surface area contributed by atoms with Gasteiger partial charge in [0, 0.05) is 0 Å². The number of nitrogens with zero attached hydrogens (tertiary/aromatic N) is 2. The number of benzene rings is 1. The number of hydrogen-bond donors (Lipinski definition) is 0. The number of aryl methyl sites for hydroxylation is 1. The predicted octanol–water partition coefficient (Wildman–Crippen LogP) is 3.42. The third-order valence-electron chi connectivity index (χ3n) is 4.47. The van der Waals surface area contributed by atoms with Crippen molar-refractivity contribution in [2.24, 2.45) is 0 Å². The van der Waals surface area contributed by atoms with Gasteiger partial charge in [-0.05, 0) is 0 Å². The van der Waals surface area contributed by atoms with Crippen molar-refractivity contribution < 1.29 is 14.2 Å². The molecule has 0 bridgehead atoms. The Labute approximate surface area is 175 Å². The second-order valence-electron chi connectivity index (χ2n) is 8.31. The summed E-state index contributed by atoms with van der Waals surface area (Å²) >= 11 is 0.341. The molecule has 0 amide bonds. The molecule has 1 aliphatic heterocycles. The molecule has 1 aromatic carbocycles. The minimum atomic E-state index is -1.12. The first kappa shape index (κ1) is 21.3. The van der Waals surface area contributed by atoms with Gasteiger partial charge < -0.3 is 0 Å². The zero-order chi connectivity index (χ0) is 20.0. The monoisotopic (exact) mass is 466 g/mol. The van der Waals surface area contributed by atoms with Crippen LogP contribution in [0, 0.1) is 6.92 Å². The van der Waals surface area contributed by atoms with Crippen molar-refractivity contribution in [1.82, 2.24) is 9.97 Å². The Morgan fingerprint density at radius 2 is 1.93 bits per heavy atom. The molecule has 5 nitrogen and oxygen atoms in total. The van der Waals surface area contributed by atoms with E-state index in [0.717, 1.165) is 24.4 Å². The second-order valence-corrected chi connectivity index (χ2v) is 16.5. The molecule has 1 saturated heterocycles. The molecule has 2 atom stereocenters. The molecule has 28 heavy (non-hydrogen) atoms. The van der Waals surface area contributed by atoms with E-state index >= 15 is 0 Å². The van der Waals surface area contributed by atoms with Crippen molar-refractivity contribution in [3.8, 4) is 11.9 Å². The number of aromatic nitrogens is 2. The molecule has 0 saturated carbocycles. The van der Waals surface area contributed by atoms with Crippen LogP contribution in [0.2, 0.25) is 25.7 Å². The van der Waals surface area contributed by atoms with Gasteiger partial charge in [0.25, 0.3) is 0 Å². The van der Waals surface area contributed by atoms with Crippen LogP contribution in [0.3, 0.4) is 0 Å². The van der Waals surface area contributed by atoms with E-state index in [9.17, 15) is 0 Å². The summed E-state index contributed by atoms with van der Waals surface area (Å²) < 4.78 is 19.2. The molecule has 3 rings (SSSR count). The van der Waals surface area contributed by atoms with Crippen molar-refractivity contribution in [3.05, 3.63) is 42.1 Å². The van der Waals surface area contributed by atoms with E-state index in [1.165, 1.54) is 4.46 Å². The second kappa shape index (κ2) is 9.88. The molecule has 1 aromatic heterocycles. The van der Waals surface area contributed by atoms with Crippen molar-refractivity contribution >= 4 is 27.5 Å². The minimum absolute atomic E-state index is 0.108. The van der Waals surface area contributed by atoms with Crippen LogP contribution >= 0.6 is 0 Å². The zero-order valence-electron chi connectivity index (χ0n) is 17.2. The van der Waals surface area contributed by atoms with E-state index in [1.807, 2.05) is 6.92 Å². The van der Waals surface area contributed by atoms with E-state index in [1.54, 1.807) is 6.20 Å². The third-order valence-corrected chi connectivity index (χ3v) is 8.60. The molecule has 0 N–H and O–H groups in total. The van der Waals surface area contributed by atoms with Gasteiger partial charge in [-0.25, -0.2) is 0 Å². The predicted molar refractivity (Wildman–Crippen MR) is 116 cm³/mol. The van der Waals surface area contributed by atoms with Crippen LogP contribution in [0.25, 0.3) is 0 Å². The Morgan fingerprint density at radius 1 is 1.14 bits per heavy atom. The Hall–Kier alpha value is -1.40. The summed E-state index contributed by atoms with van der Waals surface area (Å²) in [4.78, 5) is 8.74. The van der Waals surface area contributed by atoms with Crippen LogP contribution in [0.5, 0.6) is 11.9 Å². The Balaban J connectivity index is 1.46. The fourth-order valence-electron chi connectivity index (χ4n) is 2.78. The third kappa shape index (κ3) is 6.89. The van der Waals surface area contributed by atoms with Crippen LogP contribution in [0.4, 0.5) is 0 Å². The summed E-state index contributed by atoms with van der Waals surface area (Å²) in [6.07, 6.45) is 3.98. The van der Waals surface area contributed by atoms with Crippen LogP contribution in [-0.2, 0) is 4.74 Å². The Bertz CT molecular complexity index is 755. The van der Waals surface area contributed by atoms with Crippen LogP contribution in [0.15, 0.2) is 36.5 Å². The van der Waals surface area contributed by atoms with E-state index in [-0.39, 0.29) is 6.10 Å². The van der Waals surface area contributed by atoms with Crippen molar-refractivity contribution in [2.75, 3.05) is 13.2 Å². The summed E-state index contributed by atoms with van der Waals surface area (Å²) in [6.45, 7) is 10.2. The molecule has 0 spiro atoms. The molecule has 0 unspecified atom stereocenters. The first-order valence-electron chi connectivity index (χ1n) is 9.85. The summed E-state index contributed by atoms with van der Waals surface area (Å²) in [7, 11) is -1.12. The average molecular weight is 466 g/mol. The number of rotatable bonds is 9. The Morgan fingerprint density at radius 3 is 2.68 bits per heavy atom. The van der Waals surface area contributed by atoms with Crippen molar-refractivity contribution in [3.63, 3.8) is 0 Å². The maximum absolute atomic E-state index is 6.16. The standard InChI is InChI=1S/C21H30N2O3SeSi/c1-16-14-22-21(23-20(16)24-12-13-28(2,3)4)25-15-17-10-11-19(26-17)27-18-8-6-5-7-9-18/h5-9,14,17,19H,10-13,15H2,1-4H3/t17-,19-/m0/s1. The van der Waals surface area contributed by atoms with Crippen LogP contribution in [0.1, 0.15) is 18.4 Å². The first-order chi connectivity index (χ1) is 13.4. The molecule has 7 heteroatoms. The number of ether oxygens (including phenoxy) is 3. The minimum Gasteiger partial charge on any atom is -0.0694 e. The van der Waals surface area contributed by atoms with Gasteiger partial charge in [0.1, 0.15) is 0 Å². The summed E-state index contributed by atoms with van der Waals surface area (Å²) in [5.74, 6) is 0.626.